The molecule has 0 unspecified atom stereocenters. The molecule has 1 aliphatic carbocycles. The molecule has 3 fully saturated rings. The number of nitrogens with zero attached hydrogens (tertiary/aromatic N) is 1. The number of hydrogen-bond acceptors (Lipinski definition) is 10. The standard InChI is InChI=1S/C22H27NO10/c1-5-13-14-7-6-8-23-16(14)19(33-22(23)27)17(13)32-21-20(31-12(4)26)18(30-11(3)25)15(9-28-21)29-10(2)24/h5,7,15-21H,6,8-9H2,1-4H3/b13-5-/t15-,16+,17+,18+,19+,20-,21+/m1/s1. The lowest BCUT2D eigenvalue weighted by Gasteiger charge is -2.41. The molecule has 0 bridgehead atoms. The monoisotopic (exact) mass is 465 g/mol. The van der Waals surface area contributed by atoms with Gasteiger partial charge in [0, 0.05) is 27.3 Å². The number of rotatable bonds is 5. The van der Waals surface area contributed by atoms with Crippen molar-refractivity contribution in [2.45, 2.75) is 77.0 Å². The van der Waals surface area contributed by atoms with Crippen molar-refractivity contribution < 1.29 is 47.6 Å². The molecule has 11 heteroatoms. The summed E-state index contributed by atoms with van der Waals surface area (Å²) in [7, 11) is 0. The van der Waals surface area contributed by atoms with E-state index in [2.05, 4.69) is 6.08 Å². The summed E-state index contributed by atoms with van der Waals surface area (Å²) in [6.07, 6.45) is -1.57. The summed E-state index contributed by atoms with van der Waals surface area (Å²) >= 11 is 0. The average molecular weight is 465 g/mol. The molecular formula is C22H27NO10. The molecule has 33 heavy (non-hydrogen) atoms. The van der Waals surface area contributed by atoms with Crippen molar-refractivity contribution in [3.63, 3.8) is 0 Å². The van der Waals surface area contributed by atoms with Crippen LogP contribution in [0.15, 0.2) is 23.3 Å². The maximum Gasteiger partial charge on any atom is 0.410 e. The van der Waals surface area contributed by atoms with Gasteiger partial charge in [0.1, 0.15) is 12.1 Å². The molecule has 0 N–H and O–H groups in total. The molecule has 3 heterocycles. The summed E-state index contributed by atoms with van der Waals surface area (Å²) in [5.74, 6) is -1.92. The van der Waals surface area contributed by atoms with Gasteiger partial charge in [0.2, 0.25) is 0 Å². The minimum Gasteiger partial charge on any atom is -0.456 e. The highest BCUT2D eigenvalue weighted by Gasteiger charge is 2.58. The molecule has 11 nitrogen and oxygen atoms in total. The summed E-state index contributed by atoms with van der Waals surface area (Å²) in [6.45, 7) is 5.86. The number of carbonyl (C=O) groups excluding carboxylic acids is 4. The van der Waals surface area contributed by atoms with E-state index >= 15 is 0 Å². The Bertz CT molecular complexity index is 911. The van der Waals surface area contributed by atoms with Crippen LogP contribution in [0.25, 0.3) is 0 Å². The molecule has 0 radical (unpaired) electrons. The zero-order chi connectivity index (χ0) is 23.9. The van der Waals surface area contributed by atoms with Crippen LogP contribution in [0.4, 0.5) is 4.79 Å². The van der Waals surface area contributed by atoms with Gasteiger partial charge in [0.15, 0.2) is 30.7 Å². The van der Waals surface area contributed by atoms with Crippen molar-refractivity contribution in [3.8, 4) is 0 Å². The van der Waals surface area contributed by atoms with E-state index in [1.54, 1.807) is 4.90 Å². The third-order valence-electron chi connectivity index (χ3n) is 6.01. The summed E-state index contributed by atoms with van der Waals surface area (Å²) in [4.78, 5) is 49.2. The lowest BCUT2D eigenvalue weighted by Crippen LogP contribution is -2.59. The van der Waals surface area contributed by atoms with E-state index in [4.69, 9.17) is 28.4 Å². The quantitative estimate of drug-likeness (QED) is 0.429. The predicted octanol–water partition coefficient (Wildman–Crippen LogP) is 1.00. The van der Waals surface area contributed by atoms with Crippen LogP contribution in [0.3, 0.4) is 0 Å². The molecule has 1 saturated carbocycles. The summed E-state index contributed by atoms with van der Waals surface area (Å²) < 4.78 is 33.7. The number of hydrogen-bond donors (Lipinski definition) is 0. The van der Waals surface area contributed by atoms with Gasteiger partial charge in [-0.25, -0.2) is 4.79 Å². The van der Waals surface area contributed by atoms with Crippen LogP contribution in [0.1, 0.15) is 34.1 Å². The van der Waals surface area contributed by atoms with Gasteiger partial charge >= 0.3 is 24.0 Å². The van der Waals surface area contributed by atoms with Crippen molar-refractivity contribution in [3.05, 3.63) is 23.3 Å². The van der Waals surface area contributed by atoms with Crippen LogP contribution in [-0.4, -0.2) is 84.9 Å². The van der Waals surface area contributed by atoms with Crippen LogP contribution < -0.4 is 0 Å². The van der Waals surface area contributed by atoms with Gasteiger partial charge in [-0.05, 0) is 24.5 Å². The van der Waals surface area contributed by atoms with Crippen molar-refractivity contribution in [2.24, 2.45) is 0 Å². The molecule has 0 aromatic rings. The van der Waals surface area contributed by atoms with E-state index in [0.29, 0.717) is 13.0 Å². The van der Waals surface area contributed by atoms with Crippen molar-refractivity contribution in [1.29, 1.82) is 0 Å². The molecule has 1 amide bonds. The molecule has 4 rings (SSSR count). The van der Waals surface area contributed by atoms with Gasteiger partial charge in [0.25, 0.3) is 0 Å². The SMILES string of the molecule is C/C=C1/C2=CCCN3C(=O)O[C@H]([C@H]1O[C@@H]1OC[C@@H](OC(C)=O)[C@H](OC(C)=O)[C@H]1OC(C)=O)[C@H]23. The smallest absolute Gasteiger partial charge is 0.410 e. The van der Waals surface area contributed by atoms with Crippen molar-refractivity contribution in [2.75, 3.05) is 13.2 Å². The first kappa shape index (κ1) is 23.2. The second-order valence-corrected chi connectivity index (χ2v) is 8.23. The topological polar surface area (TPSA) is 127 Å². The Labute approximate surface area is 190 Å². The van der Waals surface area contributed by atoms with Crippen LogP contribution in [0, 0.1) is 0 Å². The van der Waals surface area contributed by atoms with E-state index in [9.17, 15) is 19.2 Å². The highest BCUT2D eigenvalue weighted by atomic mass is 16.7. The first-order valence-corrected chi connectivity index (χ1v) is 10.8. The fraction of sp³-hybridized carbons (Fsp3) is 0.636. The second-order valence-electron chi connectivity index (χ2n) is 8.23. The van der Waals surface area contributed by atoms with Gasteiger partial charge < -0.3 is 28.4 Å². The Morgan fingerprint density at radius 3 is 2.36 bits per heavy atom. The largest absolute Gasteiger partial charge is 0.456 e. The van der Waals surface area contributed by atoms with Gasteiger partial charge in [-0.15, -0.1) is 0 Å². The number of amides is 1. The lowest BCUT2D eigenvalue weighted by molar-refractivity contribution is -0.291. The fourth-order valence-electron chi connectivity index (χ4n) is 4.90. The lowest BCUT2D eigenvalue weighted by atomic mass is 10.0. The van der Waals surface area contributed by atoms with E-state index in [1.165, 1.54) is 20.8 Å². The summed E-state index contributed by atoms with van der Waals surface area (Å²) in [5.41, 5.74) is 1.80. The Balaban J connectivity index is 1.63. The van der Waals surface area contributed by atoms with Gasteiger partial charge in [0.05, 0.1) is 6.61 Å². The van der Waals surface area contributed by atoms with Gasteiger partial charge in [-0.1, -0.05) is 12.2 Å². The van der Waals surface area contributed by atoms with E-state index in [-0.39, 0.29) is 12.6 Å². The molecule has 0 aromatic carbocycles. The Kier molecular flexibility index (Phi) is 6.44. The van der Waals surface area contributed by atoms with Crippen molar-refractivity contribution >= 4 is 24.0 Å². The first-order chi connectivity index (χ1) is 15.7. The van der Waals surface area contributed by atoms with Crippen LogP contribution in [0.2, 0.25) is 0 Å². The molecule has 0 spiro atoms. The molecule has 4 aliphatic rings. The third kappa shape index (κ3) is 4.34. The normalized spacial score (nSPS) is 36.1. The Morgan fingerprint density at radius 1 is 1.06 bits per heavy atom. The molecule has 7 atom stereocenters. The predicted molar refractivity (Wildman–Crippen MR) is 108 cm³/mol. The number of ether oxygens (including phenoxy) is 6. The minimum atomic E-state index is -1.22. The molecule has 3 aliphatic heterocycles. The van der Waals surface area contributed by atoms with Crippen LogP contribution in [-0.2, 0) is 42.8 Å². The third-order valence-corrected chi connectivity index (χ3v) is 6.01. The maximum atomic E-state index is 12.4. The fourth-order valence-corrected chi connectivity index (χ4v) is 4.90. The highest BCUT2D eigenvalue weighted by molar-refractivity contribution is 5.75. The summed E-state index contributed by atoms with van der Waals surface area (Å²) in [6, 6.07) is -0.267. The molecule has 0 aromatic heterocycles. The second kappa shape index (κ2) is 9.14. The Morgan fingerprint density at radius 2 is 1.73 bits per heavy atom. The number of carbonyl (C=O) groups is 4. The van der Waals surface area contributed by atoms with Crippen molar-refractivity contribution in [1.82, 2.24) is 4.90 Å². The van der Waals surface area contributed by atoms with Crippen LogP contribution in [0.5, 0.6) is 0 Å². The Hall–Kier alpha value is -2.92. The van der Waals surface area contributed by atoms with E-state index < -0.39 is 60.8 Å². The highest BCUT2D eigenvalue weighted by Crippen LogP contribution is 2.45. The van der Waals surface area contributed by atoms with Gasteiger partial charge in [-0.3, -0.25) is 19.3 Å². The molecule has 180 valence electrons. The molecule has 2 saturated heterocycles. The summed E-state index contributed by atoms with van der Waals surface area (Å²) in [5, 5.41) is 0. The van der Waals surface area contributed by atoms with E-state index in [1.807, 2.05) is 13.0 Å². The number of esters is 3. The van der Waals surface area contributed by atoms with Crippen LogP contribution >= 0.6 is 0 Å². The minimum absolute atomic E-state index is 0.152. The van der Waals surface area contributed by atoms with E-state index in [0.717, 1.165) is 11.1 Å². The molecular weight excluding hydrogens is 438 g/mol. The average Bonchev–Trinajstić information content (AvgIpc) is 3.22. The van der Waals surface area contributed by atoms with Gasteiger partial charge in [-0.2, -0.15) is 0 Å². The zero-order valence-electron chi connectivity index (χ0n) is 18.8. The zero-order valence-corrected chi connectivity index (χ0v) is 18.8. The maximum absolute atomic E-state index is 12.4. The number of allylic oxidation sites excluding steroid dienone is 1. The first-order valence-electron chi connectivity index (χ1n) is 10.8.